The van der Waals surface area contributed by atoms with Crippen LogP contribution in [0.1, 0.15) is 32.8 Å². The van der Waals surface area contributed by atoms with Crippen molar-refractivity contribution < 1.29 is 14.3 Å². The van der Waals surface area contributed by atoms with E-state index < -0.39 is 0 Å². The van der Waals surface area contributed by atoms with Crippen molar-refractivity contribution in [3.05, 3.63) is 28.7 Å². The van der Waals surface area contributed by atoms with Crippen molar-refractivity contribution in [3.63, 3.8) is 0 Å². The zero-order chi connectivity index (χ0) is 16.8. The standard InChI is InChI=1S/C17H21NO3S2/c1-4-9-18-16(19)15(23-17(18)22)10-12-7-8-13(20-5-2)11-14(12)21-6-3/h7-8,10-11H,4-6,9H2,1-3H3. The Morgan fingerprint density at radius 2 is 1.96 bits per heavy atom. The minimum Gasteiger partial charge on any atom is -0.494 e. The topological polar surface area (TPSA) is 38.8 Å². The molecule has 1 fully saturated rings. The van der Waals surface area contributed by atoms with Gasteiger partial charge in [-0.15, -0.1) is 0 Å². The molecule has 1 aromatic carbocycles. The van der Waals surface area contributed by atoms with Gasteiger partial charge in [-0.25, -0.2) is 0 Å². The van der Waals surface area contributed by atoms with Crippen LogP contribution in [0.15, 0.2) is 23.1 Å². The van der Waals surface area contributed by atoms with Gasteiger partial charge in [0, 0.05) is 18.2 Å². The molecule has 1 heterocycles. The van der Waals surface area contributed by atoms with Crippen LogP contribution < -0.4 is 9.47 Å². The molecular weight excluding hydrogens is 330 g/mol. The average Bonchev–Trinajstić information content (AvgIpc) is 2.78. The Hall–Kier alpha value is -1.53. The number of thiocarbonyl (C=S) groups is 1. The quantitative estimate of drug-likeness (QED) is 0.546. The lowest BCUT2D eigenvalue weighted by Gasteiger charge is -2.12. The van der Waals surface area contributed by atoms with Crippen molar-refractivity contribution in [2.45, 2.75) is 27.2 Å². The summed E-state index contributed by atoms with van der Waals surface area (Å²) in [5.74, 6) is 1.43. The van der Waals surface area contributed by atoms with E-state index in [0.717, 1.165) is 17.7 Å². The maximum atomic E-state index is 12.4. The highest BCUT2D eigenvalue weighted by Crippen LogP contribution is 2.35. The maximum Gasteiger partial charge on any atom is 0.266 e. The maximum absolute atomic E-state index is 12.4. The molecule has 1 aliphatic rings. The van der Waals surface area contributed by atoms with E-state index in [2.05, 4.69) is 0 Å². The van der Waals surface area contributed by atoms with Crippen molar-refractivity contribution >= 4 is 40.3 Å². The van der Waals surface area contributed by atoms with Gasteiger partial charge in [0.1, 0.15) is 15.8 Å². The third-order valence-electron chi connectivity index (χ3n) is 3.20. The molecule has 0 atom stereocenters. The molecule has 0 N–H and O–H groups in total. The predicted molar refractivity (Wildman–Crippen MR) is 99.0 cm³/mol. The number of carbonyl (C=O) groups excluding carboxylic acids is 1. The number of thioether (sulfide) groups is 1. The number of benzene rings is 1. The van der Waals surface area contributed by atoms with E-state index in [9.17, 15) is 4.79 Å². The number of carbonyl (C=O) groups is 1. The summed E-state index contributed by atoms with van der Waals surface area (Å²) in [4.78, 5) is 14.7. The summed E-state index contributed by atoms with van der Waals surface area (Å²) >= 11 is 6.63. The zero-order valence-electron chi connectivity index (χ0n) is 13.6. The molecule has 1 saturated heterocycles. The Balaban J connectivity index is 2.31. The van der Waals surface area contributed by atoms with E-state index in [-0.39, 0.29) is 5.91 Å². The number of hydrogen-bond acceptors (Lipinski definition) is 5. The van der Waals surface area contributed by atoms with Crippen molar-refractivity contribution in [1.29, 1.82) is 0 Å². The average molecular weight is 351 g/mol. The fourth-order valence-corrected chi connectivity index (χ4v) is 3.53. The van der Waals surface area contributed by atoms with Gasteiger partial charge in [0.15, 0.2) is 0 Å². The fraction of sp³-hybridized carbons (Fsp3) is 0.412. The van der Waals surface area contributed by atoms with Crippen LogP contribution in [0.2, 0.25) is 0 Å². The molecule has 1 aliphatic heterocycles. The lowest BCUT2D eigenvalue weighted by molar-refractivity contribution is -0.122. The number of amides is 1. The molecule has 6 heteroatoms. The second-order valence-corrected chi connectivity index (χ2v) is 6.57. The van der Waals surface area contributed by atoms with E-state index >= 15 is 0 Å². The Kier molecular flexibility index (Phi) is 6.47. The van der Waals surface area contributed by atoms with Crippen molar-refractivity contribution in [2.24, 2.45) is 0 Å². The van der Waals surface area contributed by atoms with Gasteiger partial charge >= 0.3 is 0 Å². The minimum absolute atomic E-state index is 0.0295. The fourth-order valence-electron chi connectivity index (χ4n) is 2.23. The summed E-state index contributed by atoms with van der Waals surface area (Å²) in [7, 11) is 0. The zero-order valence-corrected chi connectivity index (χ0v) is 15.3. The Morgan fingerprint density at radius 3 is 2.61 bits per heavy atom. The molecule has 2 rings (SSSR count). The van der Waals surface area contributed by atoms with E-state index in [0.29, 0.717) is 34.7 Å². The second kappa shape index (κ2) is 8.36. The normalized spacial score (nSPS) is 16.3. The van der Waals surface area contributed by atoms with Crippen LogP contribution in [0.3, 0.4) is 0 Å². The number of hydrogen-bond donors (Lipinski definition) is 0. The monoisotopic (exact) mass is 351 g/mol. The van der Waals surface area contributed by atoms with Crippen molar-refractivity contribution in [2.75, 3.05) is 19.8 Å². The van der Waals surface area contributed by atoms with Crippen LogP contribution in [-0.2, 0) is 4.79 Å². The molecule has 1 aromatic rings. The summed E-state index contributed by atoms with van der Waals surface area (Å²) in [6.45, 7) is 7.70. The molecule has 0 aromatic heterocycles. The highest BCUT2D eigenvalue weighted by molar-refractivity contribution is 8.26. The molecule has 23 heavy (non-hydrogen) atoms. The molecule has 0 aliphatic carbocycles. The number of rotatable bonds is 7. The molecular formula is C17H21NO3S2. The summed E-state index contributed by atoms with van der Waals surface area (Å²) in [6, 6.07) is 5.64. The molecule has 4 nitrogen and oxygen atoms in total. The Labute approximate surface area is 146 Å². The van der Waals surface area contributed by atoms with E-state index in [1.807, 2.05) is 45.0 Å². The minimum atomic E-state index is -0.0295. The Bertz CT molecular complexity index is 628. The first-order valence-electron chi connectivity index (χ1n) is 7.75. The third kappa shape index (κ3) is 4.26. The van der Waals surface area contributed by atoms with Gasteiger partial charge in [-0.3, -0.25) is 9.69 Å². The SMILES string of the molecule is CCCN1C(=O)C(=Cc2ccc(OCC)cc2OCC)SC1=S. The smallest absolute Gasteiger partial charge is 0.266 e. The number of ether oxygens (including phenoxy) is 2. The highest BCUT2D eigenvalue weighted by Gasteiger charge is 2.31. The third-order valence-corrected chi connectivity index (χ3v) is 4.58. The van der Waals surface area contributed by atoms with Gasteiger partial charge in [-0.2, -0.15) is 0 Å². The lowest BCUT2D eigenvalue weighted by atomic mass is 10.1. The van der Waals surface area contributed by atoms with E-state index in [1.54, 1.807) is 4.90 Å². The first-order chi connectivity index (χ1) is 11.1. The molecule has 0 bridgehead atoms. The summed E-state index contributed by atoms with van der Waals surface area (Å²) < 4.78 is 11.8. The second-order valence-electron chi connectivity index (χ2n) is 4.90. The lowest BCUT2D eigenvalue weighted by Crippen LogP contribution is -2.28. The van der Waals surface area contributed by atoms with Crippen molar-refractivity contribution in [1.82, 2.24) is 4.90 Å². The van der Waals surface area contributed by atoms with E-state index in [4.69, 9.17) is 21.7 Å². The molecule has 0 saturated carbocycles. The molecule has 0 spiro atoms. The largest absolute Gasteiger partial charge is 0.494 e. The van der Waals surface area contributed by atoms with Crippen LogP contribution in [0.25, 0.3) is 6.08 Å². The molecule has 124 valence electrons. The van der Waals surface area contributed by atoms with Crippen LogP contribution in [0.4, 0.5) is 0 Å². The van der Waals surface area contributed by atoms with Gasteiger partial charge in [0.2, 0.25) is 0 Å². The van der Waals surface area contributed by atoms with Crippen LogP contribution >= 0.6 is 24.0 Å². The van der Waals surface area contributed by atoms with Gasteiger partial charge in [-0.05, 0) is 38.5 Å². The van der Waals surface area contributed by atoms with Gasteiger partial charge in [0.05, 0.1) is 18.1 Å². The van der Waals surface area contributed by atoms with E-state index in [1.165, 1.54) is 11.8 Å². The van der Waals surface area contributed by atoms with Crippen LogP contribution in [-0.4, -0.2) is 34.9 Å². The molecule has 0 unspecified atom stereocenters. The Morgan fingerprint density at radius 1 is 1.22 bits per heavy atom. The first-order valence-corrected chi connectivity index (χ1v) is 8.98. The van der Waals surface area contributed by atoms with Crippen LogP contribution in [0, 0.1) is 0 Å². The number of nitrogens with zero attached hydrogens (tertiary/aromatic N) is 1. The molecule has 1 amide bonds. The predicted octanol–water partition coefficient (Wildman–Crippen LogP) is 4.10. The summed E-state index contributed by atoms with van der Waals surface area (Å²) in [5, 5.41) is 0. The van der Waals surface area contributed by atoms with Gasteiger partial charge < -0.3 is 9.47 Å². The van der Waals surface area contributed by atoms with Gasteiger partial charge in [-0.1, -0.05) is 30.9 Å². The van der Waals surface area contributed by atoms with Crippen LogP contribution in [0.5, 0.6) is 11.5 Å². The summed E-state index contributed by atoms with van der Waals surface area (Å²) in [5.41, 5.74) is 0.854. The van der Waals surface area contributed by atoms with Gasteiger partial charge in [0.25, 0.3) is 5.91 Å². The van der Waals surface area contributed by atoms with Crippen molar-refractivity contribution in [3.8, 4) is 11.5 Å². The molecule has 0 radical (unpaired) electrons. The highest BCUT2D eigenvalue weighted by atomic mass is 32.2. The first kappa shape index (κ1) is 17.8. The summed E-state index contributed by atoms with van der Waals surface area (Å²) in [6.07, 6.45) is 2.72.